The monoisotopic (exact) mass is 1360 g/mol. The van der Waals surface area contributed by atoms with Gasteiger partial charge in [-0.05, 0) is 38.4 Å². The standard InChI is InChI=1S/C59H79NO35/c61-11-23-46-33(69)40(76)55(84-23)92-48-25(13-63)86-57(42(78)35(48)71)94-50-27(15-65)88-59(44(80)37(50)73)95-51-28(16-66)87-58(43(79)36(51)72)93-49-26(14-64)85-56(41(77)34(49)70)91-47-24(12-62)83-54(39(75)32(47)68)89-45-22(82-53(90-46)38(74)31(45)67)10-60-52(81)21-9-19-5-1-3-17-7-8-18-4-2-6-20(21)30(18)29(17)19/h1-9,22-28,31-51,53-59,61-80H,10-16H2,(H,60,81)/t22-,23-,24-,25-,26-,27-,28-,31-,32-,33-,34-,35-,36-,37-,38-,39-,40-,41-,42-,43-,44-,45-,46-,47-,48-,49-,50-,51-,53-,54-,55-,56-,57-,58-,59-/m1/s1. The molecule has 36 nitrogen and oxygen atoms in total. The quantitative estimate of drug-likeness (QED) is 0.0692. The van der Waals surface area contributed by atoms with Gasteiger partial charge in [-0.3, -0.25) is 4.79 Å². The molecule has 0 radical (unpaired) electrons. The average molecular weight is 1360 g/mol. The maximum Gasteiger partial charge on any atom is 0.252 e. The highest BCUT2D eigenvalue weighted by Crippen LogP contribution is 2.41. The normalized spacial score (nSPS) is 47.2. The Morgan fingerprint density at radius 1 is 0.295 bits per heavy atom. The van der Waals surface area contributed by atoms with Crippen LogP contribution in [0, 0.1) is 0 Å². The van der Waals surface area contributed by atoms with Crippen molar-refractivity contribution >= 4 is 38.2 Å². The number of aliphatic hydroxyl groups excluding tert-OH is 20. The maximum absolute atomic E-state index is 14.6. The molecule has 4 aromatic carbocycles. The largest absolute Gasteiger partial charge is 0.394 e. The van der Waals surface area contributed by atoms with Crippen molar-refractivity contribution in [2.45, 2.75) is 215 Å². The number of carbonyl (C=O) groups is 1. The van der Waals surface area contributed by atoms with Gasteiger partial charge in [0, 0.05) is 12.1 Å². The zero-order valence-corrected chi connectivity index (χ0v) is 49.9. The van der Waals surface area contributed by atoms with Gasteiger partial charge in [0.15, 0.2) is 44.0 Å². The van der Waals surface area contributed by atoms with Crippen LogP contribution in [0.5, 0.6) is 0 Å². The lowest BCUT2D eigenvalue weighted by molar-refractivity contribution is -0.396. The third-order valence-electron chi connectivity index (χ3n) is 18.8. The molecule has 0 saturated carbocycles. The van der Waals surface area contributed by atoms with Gasteiger partial charge >= 0.3 is 0 Å². The van der Waals surface area contributed by atoms with Gasteiger partial charge in [-0.2, -0.15) is 0 Å². The molecule has 14 bridgehead atoms. The number of aliphatic hydroxyl groups is 20. The van der Waals surface area contributed by atoms with E-state index in [0.717, 1.165) is 21.5 Å². The molecule has 0 spiro atoms. The van der Waals surface area contributed by atoms with Crippen molar-refractivity contribution in [2.24, 2.45) is 0 Å². The minimum Gasteiger partial charge on any atom is -0.394 e. The second-order valence-corrected chi connectivity index (χ2v) is 24.7. The first kappa shape index (κ1) is 70.9. The van der Waals surface area contributed by atoms with Crippen LogP contribution in [-0.2, 0) is 66.3 Å². The summed E-state index contributed by atoms with van der Waals surface area (Å²) in [6, 6.07) is 16.4. The topological polar surface area (TPSA) is 563 Å². The van der Waals surface area contributed by atoms with Gasteiger partial charge in [-0.1, -0.05) is 48.5 Å². The van der Waals surface area contributed by atoms with Crippen LogP contribution in [0.15, 0.2) is 54.6 Å². The first-order valence-electron chi connectivity index (χ1n) is 30.8. The van der Waals surface area contributed by atoms with E-state index in [2.05, 4.69) is 5.32 Å². The number of carbonyl (C=O) groups excluding carboxylic acids is 1. The Balaban J connectivity index is 0.852. The Morgan fingerprint density at radius 2 is 0.537 bits per heavy atom. The summed E-state index contributed by atoms with van der Waals surface area (Å²) in [6.07, 6.45) is -71.6. The van der Waals surface area contributed by atoms with Crippen molar-refractivity contribution in [3.8, 4) is 0 Å². The summed E-state index contributed by atoms with van der Waals surface area (Å²) in [4.78, 5) is 14.6. The molecule has 21 fully saturated rings. The zero-order valence-electron chi connectivity index (χ0n) is 49.9. The molecular formula is C59H79NO35. The van der Waals surface area contributed by atoms with Crippen LogP contribution in [0.2, 0.25) is 0 Å². The van der Waals surface area contributed by atoms with Crippen LogP contribution in [0.25, 0.3) is 32.3 Å². The fraction of sp³-hybridized carbons (Fsp3) is 0.712. The summed E-state index contributed by atoms with van der Waals surface area (Å²) in [5.41, 5.74) is 0.174. The highest BCUT2D eigenvalue weighted by Gasteiger charge is 2.60. The summed E-state index contributed by atoms with van der Waals surface area (Å²) >= 11 is 0. The SMILES string of the molecule is O=C(NC[C@H]1O[C@@H]2O[C@H]3[C@H](O)[C@@H](O)[C@@H](O[C@H]4[C@H](O)[C@@H](O)[C@@H](O[C@H]5[C@H](O)[C@@H](O)[C@@H](O[C@H]6[C@H](O)[C@@H](O)[C@@H](O[C@H]7[C@H](O)[C@@H](O)[C@@H](O[C@H]8[C@H](O)[C@@H](O)[C@@H](O[C@H]1[C@H](O)[C@H]2O)O[C@@H]8CO)O[C@@H]7CO)O[C@@H]6CO)O[C@@H]5CO)O[C@@H]4CO)O[C@@H]3CO)c1cc2cccc3ccc4cccc1c4c32. The summed E-state index contributed by atoms with van der Waals surface area (Å²) in [7, 11) is 0. The molecule has 21 N–H and O–H groups in total. The van der Waals surface area contributed by atoms with Crippen molar-refractivity contribution in [1.82, 2.24) is 5.32 Å². The molecule has 95 heavy (non-hydrogen) atoms. The fourth-order valence-corrected chi connectivity index (χ4v) is 13.7. The first-order valence-corrected chi connectivity index (χ1v) is 30.8. The van der Waals surface area contributed by atoms with Crippen LogP contribution in [-0.4, -0.2) is 369 Å². The second kappa shape index (κ2) is 29.3. The summed E-state index contributed by atoms with van der Waals surface area (Å²) in [5.74, 6) is -0.709. The fourth-order valence-electron chi connectivity index (χ4n) is 13.7. The number of amides is 1. The van der Waals surface area contributed by atoms with Crippen molar-refractivity contribution in [1.29, 1.82) is 0 Å². The molecule has 0 unspecified atom stereocenters. The van der Waals surface area contributed by atoms with Crippen molar-refractivity contribution in [3.05, 3.63) is 60.2 Å². The van der Waals surface area contributed by atoms with Gasteiger partial charge in [0.2, 0.25) is 0 Å². The van der Waals surface area contributed by atoms with Crippen LogP contribution in [0.1, 0.15) is 10.4 Å². The lowest BCUT2D eigenvalue weighted by atomic mass is 9.91. The molecule has 21 aliphatic heterocycles. The highest BCUT2D eigenvalue weighted by atomic mass is 16.8. The lowest BCUT2D eigenvalue weighted by Gasteiger charge is -2.50. The molecule has 21 heterocycles. The summed E-state index contributed by atoms with van der Waals surface area (Å²) in [6.45, 7) is -7.07. The van der Waals surface area contributed by atoms with Crippen molar-refractivity contribution in [2.75, 3.05) is 46.2 Å². The van der Waals surface area contributed by atoms with Crippen molar-refractivity contribution in [3.63, 3.8) is 0 Å². The molecule has 35 atom stereocenters. The third kappa shape index (κ3) is 13.2. The van der Waals surface area contributed by atoms with Crippen LogP contribution < -0.4 is 5.32 Å². The van der Waals surface area contributed by atoms with E-state index in [9.17, 15) is 107 Å². The Labute approximate surface area is 536 Å². The Hall–Kier alpha value is -3.97. The van der Waals surface area contributed by atoms with Gasteiger partial charge in [0.05, 0.1) is 39.6 Å². The lowest BCUT2D eigenvalue weighted by Crippen LogP contribution is -2.68. The molecule has 530 valence electrons. The number of benzene rings is 4. The van der Waals surface area contributed by atoms with Crippen molar-refractivity contribution < 1.29 is 173 Å². The highest BCUT2D eigenvalue weighted by molar-refractivity contribution is 6.27. The number of rotatable bonds is 9. The number of nitrogens with one attached hydrogen (secondary N) is 1. The molecular weight excluding hydrogens is 1280 g/mol. The van der Waals surface area contributed by atoms with Gasteiger partial charge in [-0.25, -0.2) is 0 Å². The van der Waals surface area contributed by atoms with Crippen LogP contribution in [0.3, 0.4) is 0 Å². The van der Waals surface area contributed by atoms with E-state index < -0.39 is 267 Å². The predicted molar refractivity (Wildman–Crippen MR) is 304 cm³/mol. The number of ether oxygens (including phenoxy) is 14. The molecule has 36 heteroatoms. The molecule has 21 aliphatic rings. The van der Waals surface area contributed by atoms with Crippen LogP contribution >= 0.6 is 0 Å². The molecule has 1 amide bonds. The second-order valence-electron chi connectivity index (χ2n) is 24.7. The molecule has 0 aliphatic carbocycles. The van der Waals surface area contributed by atoms with Gasteiger partial charge in [0.1, 0.15) is 171 Å². The average Bonchev–Trinajstić information content (AvgIpc) is 0.754. The molecule has 21 saturated heterocycles. The van der Waals surface area contributed by atoms with Gasteiger partial charge in [0.25, 0.3) is 5.91 Å². The third-order valence-corrected chi connectivity index (χ3v) is 18.8. The van der Waals surface area contributed by atoms with Gasteiger partial charge in [-0.15, -0.1) is 0 Å². The minimum atomic E-state index is -2.28. The predicted octanol–water partition coefficient (Wildman–Crippen LogP) is -10.9. The van der Waals surface area contributed by atoms with Crippen LogP contribution in [0.4, 0.5) is 0 Å². The van der Waals surface area contributed by atoms with E-state index in [0.29, 0.717) is 10.8 Å². The van der Waals surface area contributed by atoms with E-state index in [1.54, 1.807) is 18.2 Å². The molecule has 25 rings (SSSR count). The first-order chi connectivity index (χ1) is 45.5. The smallest absolute Gasteiger partial charge is 0.252 e. The summed E-state index contributed by atoms with van der Waals surface area (Å²) < 4.78 is 82.0. The molecule has 4 aromatic rings. The Bertz CT molecular complexity index is 3180. The minimum absolute atomic E-state index is 0.174. The Kier molecular flexibility index (Phi) is 21.9. The molecule has 0 aromatic heterocycles. The van der Waals surface area contributed by atoms with E-state index in [1.807, 2.05) is 36.4 Å². The maximum atomic E-state index is 14.6. The number of hydrogen-bond donors (Lipinski definition) is 21. The van der Waals surface area contributed by atoms with E-state index in [1.165, 1.54) is 0 Å². The van der Waals surface area contributed by atoms with Gasteiger partial charge < -0.3 is 174 Å². The van der Waals surface area contributed by atoms with E-state index >= 15 is 0 Å². The Morgan fingerprint density at radius 3 is 0.821 bits per heavy atom. The summed E-state index contributed by atoms with van der Waals surface area (Å²) in [5, 5.41) is 233. The number of hydrogen-bond acceptors (Lipinski definition) is 35. The van der Waals surface area contributed by atoms with E-state index in [-0.39, 0.29) is 5.56 Å². The zero-order chi connectivity index (χ0) is 67.7. The van der Waals surface area contributed by atoms with E-state index in [4.69, 9.17) is 66.3 Å².